The summed E-state index contributed by atoms with van der Waals surface area (Å²) < 4.78 is 35.7. The van der Waals surface area contributed by atoms with Crippen molar-refractivity contribution in [3.63, 3.8) is 0 Å². The minimum absolute atomic E-state index is 0.0337. The van der Waals surface area contributed by atoms with E-state index in [9.17, 15) is 13.6 Å². The lowest BCUT2D eigenvalue weighted by atomic mass is 9.94. The molecule has 0 saturated heterocycles. The van der Waals surface area contributed by atoms with Crippen molar-refractivity contribution in [1.82, 2.24) is 4.98 Å². The highest BCUT2D eigenvalue weighted by molar-refractivity contribution is 9.10. The summed E-state index contributed by atoms with van der Waals surface area (Å²) in [4.78, 5) is 16.8. The second-order valence-electron chi connectivity index (χ2n) is 5.71. The van der Waals surface area contributed by atoms with Crippen LogP contribution in [0.15, 0.2) is 41.0 Å². The van der Waals surface area contributed by atoms with Crippen molar-refractivity contribution in [2.24, 2.45) is 0 Å². The Labute approximate surface area is 144 Å². The number of amides is 1. The summed E-state index contributed by atoms with van der Waals surface area (Å²) in [5.41, 5.74) is -0.129. The van der Waals surface area contributed by atoms with Crippen molar-refractivity contribution in [2.45, 2.75) is 24.6 Å². The number of halogens is 3. The second-order valence-corrected chi connectivity index (χ2v) is 6.52. The summed E-state index contributed by atoms with van der Waals surface area (Å²) in [7, 11) is 0. The molecule has 1 aromatic heterocycles. The molecule has 1 aromatic carbocycles. The van der Waals surface area contributed by atoms with Crippen molar-refractivity contribution in [1.29, 1.82) is 0 Å². The Hall–Kier alpha value is -2.22. The number of carbonyl (C=O) groups excluding carboxylic acids is 1. The van der Waals surface area contributed by atoms with Crippen molar-refractivity contribution < 1.29 is 23.0 Å². The van der Waals surface area contributed by atoms with Gasteiger partial charge in [-0.1, -0.05) is 12.1 Å². The Morgan fingerprint density at radius 2 is 1.92 bits per heavy atom. The van der Waals surface area contributed by atoms with E-state index in [1.54, 1.807) is 24.3 Å². The highest BCUT2D eigenvalue weighted by Crippen LogP contribution is 2.52. The Balaban J connectivity index is 1.59. The zero-order chi connectivity index (χ0) is 16.9. The average molecular weight is 397 g/mol. The molecule has 0 unspecified atom stereocenters. The zero-order valence-corrected chi connectivity index (χ0v) is 13.8. The maximum absolute atomic E-state index is 13.1. The van der Waals surface area contributed by atoms with Crippen molar-refractivity contribution in [3.8, 4) is 11.5 Å². The minimum Gasteiger partial charge on any atom is -0.395 e. The van der Waals surface area contributed by atoms with Crippen LogP contribution in [0, 0.1) is 0 Å². The molecule has 4 rings (SSSR count). The third-order valence-electron chi connectivity index (χ3n) is 4.10. The van der Waals surface area contributed by atoms with E-state index in [2.05, 4.69) is 35.7 Å². The van der Waals surface area contributed by atoms with Crippen LogP contribution >= 0.6 is 15.9 Å². The van der Waals surface area contributed by atoms with E-state index in [1.807, 2.05) is 0 Å². The van der Waals surface area contributed by atoms with Gasteiger partial charge in [0.05, 0.1) is 5.41 Å². The van der Waals surface area contributed by atoms with Crippen LogP contribution in [-0.2, 0) is 10.2 Å². The molecule has 0 bridgehead atoms. The van der Waals surface area contributed by atoms with Crippen LogP contribution in [0.1, 0.15) is 18.4 Å². The van der Waals surface area contributed by atoms with Gasteiger partial charge in [0.2, 0.25) is 5.91 Å². The number of nitrogens with zero attached hydrogens (tertiary/aromatic N) is 1. The molecule has 24 heavy (non-hydrogen) atoms. The molecular formula is C16H11BrF2N2O3. The molecule has 1 fully saturated rings. The molecule has 1 N–H and O–H groups in total. The van der Waals surface area contributed by atoms with Crippen LogP contribution in [-0.4, -0.2) is 17.2 Å². The highest BCUT2D eigenvalue weighted by Gasteiger charge is 2.52. The molecule has 8 heteroatoms. The second kappa shape index (κ2) is 5.14. The average Bonchev–Trinajstić information content (AvgIpc) is 3.24. The number of aromatic nitrogens is 1. The van der Waals surface area contributed by atoms with E-state index < -0.39 is 11.7 Å². The molecule has 1 saturated carbocycles. The first-order chi connectivity index (χ1) is 11.4. The number of pyridine rings is 1. The number of hydrogen-bond donors (Lipinski definition) is 1. The lowest BCUT2D eigenvalue weighted by Gasteiger charge is -2.16. The molecule has 2 aliphatic rings. The maximum atomic E-state index is 13.1. The summed E-state index contributed by atoms with van der Waals surface area (Å²) in [6, 6.07) is 9.65. The van der Waals surface area contributed by atoms with Crippen molar-refractivity contribution in [3.05, 3.63) is 46.6 Å². The smallest absolute Gasteiger partial charge is 0.395 e. The van der Waals surface area contributed by atoms with Crippen LogP contribution in [0.4, 0.5) is 14.6 Å². The van der Waals surface area contributed by atoms with Crippen LogP contribution in [0.5, 0.6) is 11.5 Å². The number of ether oxygens (including phenoxy) is 2. The molecule has 124 valence electrons. The van der Waals surface area contributed by atoms with Crippen LogP contribution in [0.25, 0.3) is 0 Å². The standard InChI is InChI=1S/C16H11BrF2N2O3/c17-12-2-1-3-13(20-12)21-14(22)15(6-7-15)9-4-5-10-11(8-9)24-16(18,19)23-10/h1-5,8H,6-7H2,(H,20,21,22). The van der Waals surface area contributed by atoms with Crippen LogP contribution in [0.2, 0.25) is 0 Å². The van der Waals surface area contributed by atoms with Gasteiger partial charge in [-0.15, -0.1) is 8.78 Å². The van der Waals surface area contributed by atoms with E-state index in [0.717, 1.165) is 0 Å². The van der Waals surface area contributed by atoms with Gasteiger partial charge in [-0.05, 0) is 58.6 Å². The number of hydrogen-bond acceptors (Lipinski definition) is 4. The largest absolute Gasteiger partial charge is 0.586 e. The molecular weight excluding hydrogens is 386 g/mol. The van der Waals surface area contributed by atoms with Gasteiger partial charge >= 0.3 is 6.29 Å². The first kappa shape index (κ1) is 15.3. The minimum atomic E-state index is -3.67. The fourth-order valence-electron chi connectivity index (χ4n) is 2.73. The SMILES string of the molecule is O=C(Nc1cccc(Br)n1)C1(c2ccc3c(c2)OC(F)(F)O3)CC1. The van der Waals surface area contributed by atoms with E-state index in [1.165, 1.54) is 12.1 Å². The molecule has 2 heterocycles. The Kier molecular flexibility index (Phi) is 3.28. The summed E-state index contributed by atoms with van der Waals surface area (Å²) >= 11 is 3.24. The van der Waals surface area contributed by atoms with Gasteiger partial charge in [0.25, 0.3) is 0 Å². The number of nitrogens with one attached hydrogen (secondary N) is 1. The third-order valence-corrected chi connectivity index (χ3v) is 4.54. The first-order valence-corrected chi connectivity index (χ1v) is 8.02. The summed E-state index contributed by atoms with van der Waals surface area (Å²) in [5, 5.41) is 2.77. The van der Waals surface area contributed by atoms with Gasteiger partial charge in [-0.25, -0.2) is 4.98 Å². The predicted octanol–water partition coefficient (Wildman–Crippen LogP) is 3.84. The number of fused-ring (bicyclic) bond motifs is 1. The number of anilines is 1. The van der Waals surface area contributed by atoms with Crippen LogP contribution in [0.3, 0.4) is 0 Å². The first-order valence-electron chi connectivity index (χ1n) is 7.22. The highest BCUT2D eigenvalue weighted by atomic mass is 79.9. The number of benzene rings is 1. The Bertz CT molecular complexity index is 840. The molecule has 1 aliphatic carbocycles. The van der Waals surface area contributed by atoms with Gasteiger partial charge in [-0.2, -0.15) is 0 Å². The fraction of sp³-hybridized carbons (Fsp3) is 0.250. The summed E-state index contributed by atoms with van der Waals surface area (Å²) in [6.07, 6.45) is -2.41. The molecule has 5 nitrogen and oxygen atoms in total. The monoisotopic (exact) mass is 396 g/mol. The number of carbonyl (C=O) groups is 1. The van der Waals surface area contributed by atoms with Gasteiger partial charge in [-0.3, -0.25) is 4.79 Å². The molecule has 2 aromatic rings. The van der Waals surface area contributed by atoms with Crippen molar-refractivity contribution in [2.75, 3.05) is 5.32 Å². The van der Waals surface area contributed by atoms with Crippen LogP contribution < -0.4 is 14.8 Å². The van der Waals surface area contributed by atoms with Crippen molar-refractivity contribution >= 4 is 27.7 Å². The Morgan fingerprint density at radius 1 is 1.17 bits per heavy atom. The number of alkyl halides is 2. The molecule has 1 aliphatic heterocycles. The number of rotatable bonds is 3. The molecule has 0 spiro atoms. The molecule has 0 atom stereocenters. The predicted molar refractivity (Wildman–Crippen MR) is 84.1 cm³/mol. The van der Waals surface area contributed by atoms with Gasteiger partial charge in [0.15, 0.2) is 11.5 Å². The van der Waals surface area contributed by atoms with Gasteiger partial charge < -0.3 is 14.8 Å². The zero-order valence-electron chi connectivity index (χ0n) is 12.2. The molecule has 1 amide bonds. The summed E-state index contributed by atoms with van der Waals surface area (Å²) in [5.74, 6) is 0.109. The normalized spacial score (nSPS) is 19.0. The van der Waals surface area contributed by atoms with E-state index in [4.69, 9.17) is 0 Å². The van der Waals surface area contributed by atoms with Gasteiger partial charge in [0.1, 0.15) is 10.4 Å². The van der Waals surface area contributed by atoms with Gasteiger partial charge in [0, 0.05) is 0 Å². The lowest BCUT2D eigenvalue weighted by molar-refractivity contribution is -0.286. The molecule has 0 radical (unpaired) electrons. The van der Waals surface area contributed by atoms with E-state index in [0.29, 0.717) is 28.8 Å². The summed E-state index contributed by atoms with van der Waals surface area (Å²) in [6.45, 7) is 0. The topological polar surface area (TPSA) is 60.5 Å². The maximum Gasteiger partial charge on any atom is 0.586 e. The quantitative estimate of drug-likeness (QED) is 0.800. The third kappa shape index (κ3) is 2.60. The lowest BCUT2D eigenvalue weighted by Crippen LogP contribution is -2.28. The van der Waals surface area contributed by atoms with E-state index >= 15 is 0 Å². The Morgan fingerprint density at radius 3 is 2.62 bits per heavy atom. The fourth-order valence-corrected chi connectivity index (χ4v) is 3.08. The van der Waals surface area contributed by atoms with E-state index in [-0.39, 0.29) is 17.4 Å².